The Balaban J connectivity index is 1.79. The van der Waals surface area contributed by atoms with Crippen LogP contribution in [0.2, 0.25) is 36.3 Å². The minimum absolute atomic E-state index is 1.25. The maximum Gasteiger partial charge on any atom is 0.138 e. The Morgan fingerprint density at radius 3 is 0.828 bits per heavy atom. The Morgan fingerprint density at radius 2 is 0.569 bits per heavy atom. The van der Waals surface area contributed by atoms with Gasteiger partial charge in [-0.1, -0.05) is 244 Å². The van der Waals surface area contributed by atoms with Gasteiger partial charge in [0, 0.05) is 11.1 Å². The minimum Gasteiger partial charge on any atom is -0.126 e. The lowest BCUT2D eigenvalue weighted by atomic mass is 9.90. The second-order valence-corrected chi connectivity index (χ2v) is 27.2. The van der Waals surface area contributed by atoms with E-state index in [0.29, 0.717) is 0 Å². The van der Waals surface area contributed by atoms with Gasteiger partial charge >= 0.3 is 0 Å². The van der Waals surface area contributed by atoms with E-state index in [9.17, 15) is 0 Å². The number of unbranched alkanes of at least 4 members (excludes halogenated alkanes) is 18. The Morgan fingerprint density at radius 1 is 0.310 bits per heavy atom. The summed E-state index contributed by atoms with van der Waals surface area (Å²) in [7, 11) is -3.50. The van der Waals surface area contributed by atoms with Gasteiger partial charge < -0.3 is 0 Å². The number of benzene rings is 4. The molecule has 0 N–H and O–H groups in total. The van der Waals surface area contributed by atoms with Crippen molar-refractivity contribution in [1.82, 2.24) is 0 Å². The average Bonchev–Trinajstić information content (AvgIpc) is 3.25. The normalized spacial score (nSPS) is 12.0. The van der Waals surface area contributed by atoms with Crippen molar-refractivity contribution in [3.8, 4) is 22.9 Å². The summed E-state index contributed by atoms with van der Waals surface area (Å²) >= 11 is 0. The van der Waals surface area contributed by atoms with E-state index >= 15 is 0 Å². The maximum absolute atomic E-state index is 4.25. The van der Waals surface area contributed by atoms with Gasteiger partial charge in [0.05, 0.1) is 0 Å². The molecule has 4 aromatic rings. The third-order valence-corrected chi connectivity index (χ3v) is 22.8. The Bertz CT molecular complexity index is 1640. The highest BCUT2D eigenvalue weighted by Gasteiger charge is 2.31. The van der Waals surface area contributed by atoms with Crippen molar-refractivity contribution in [2.45, 2.75) is 232 Å². The van der Waals surface area contributed by atoms with Crippen molar-refractivity contribution < 1.29 is 0 Å². The summed E-state index contributed by atoms with van der Waals surface area (Å²) in [5.41, 5.74) is 11.0. The van der Waals surface area contributed by atoms with Crippen molar-refractivity contribution in [2.24, 2.45) is 0 Å². The highest BCUT2D eigenvalue weighted by molar-refractivity contribution is 6.87. The van der Waals surface area contributed by atoms with Crippen LogP contribution in [0.3, 0.4) is 0 Å². The third kappa shape index (κ3) is 14.9. The molecule has 0 radical (unpaired) electrons. The molecule has 318 valence electrons. The molecule has 0 aliphatic rings. The number of hydrogen-bond donors (Lipinski definition) is 0. The number of rotatable bonds is 30. The third-order valence-electron chi connectivity index (χ3n) is 13.6. The van der Waals surface area contributed by atoms with Crippen LogP contribution in [0.5, 0.6) is 0 Å². The van der Waals surface area contributed by atoms with Gasteiger partial charge in [0.15, 0.2) is 0 Å². The molecule has 0 bridgehead atoms. The maximum atomic E-state index is 4.25. The molecule has 0 aromatic heterocycles. The lowest BCUT2D eigenvalue weighted by Crippen LogP contribution is -2.32. The van der Waals surface area contributed by atoms with Crippen LogP contribution in [0.4, 0.5) is 0 Å². The molecule has 0 amide bonds. The van der Waals surface area contributed by atoms with Crippen molar-refractivity contribution in [3.05, 3.63) is 59.7 Å². The van der Waals surface area contributed by atoms with Crippen LogP contribution in [-0.4, -0.2) is 16.1 Å². The zero-order chi connectivity index (χ0) is 41.3. The highest BCUT2D eigenvalue weighted by atomic mass is 28.3. The molecule has 58 heavy (non-hydrogen) atoms. The Labute approximate surface area is 361 Å². The fourth-order valence-corrected chi connectivity index (χ4v) is 18.5. The summed E-state index contributed by atoms with van der Waals surface area (Å²) in [5, 5.41) is 8.22. The van der Waals surface area contributed by atoms with E-state index in [0.717, 1.165) is 0 Å². The summed E-state index contributed by atoms with van der Waals surface area (Å²) < 4.78 is 0. The topological polar surface area (TPSA) is 0 Å². The summed E-state index contributed by atoms with van der Waals surface area (Å²) in [4.78, 5) is 0. The zero-order valence-corrected chi connectivity index (χ0v) is 40.8. The second kappa shape index (κ2) is 27.3. The van der Waals surface area contributed by atoms with Crippen LogP contribution in [0.1, 0.15) is 207 Å². The average molecular weight is 815 g/mol. The van der Waals surface area contributed by atoms with E-state index < -0.39 is 16.1 Å². The van der Waals surface area contributed by atoms with Crippen LogP contribution in [0.15, 0.2) is 48.5 Å². The van der Waals surface area contributed by atoms with Gasteiger partial charge in [0.1, 0.15) is 16.1 Å². The largest absolute Gasteiger partial charge is 0.138 e. The van der Waals surface area contributed by atoms with E-state index in [1.807, 2.05) is 0 Å². The minimum atomic E-state index is -1.75. The van der Waals surface area contributed by atoms with Crippen LogP contribution >= 0.6 is 0 Å². The first-order valence-corrected chi connectivity index (χ1v) is 30.5. The molecule has 0 fully saturated rings. The smallest absolute Gasteiger partial charge is 0.126 e. The van der Waals surface area contributed by atoms with Crippen LogP contribution < -0.4 is 0 Å². The van der Waals surface area contributed by atoms with E-state index in [-0.39, 0.29) is 0 Å². The lowest BCUT2D eigenvalue weighted by Gasteiger charge is -2.27. The highest BCUT2D eigenvalue weighted by Crippen LogP contribution is 2.38. The summed E-state index contributed by atoms with van der Waals surface area (Å²) in [6, 6.07) is 27.4. The van der Waals surface area contributed by atoms with E-state index in [1.54, 1.807) is 0 Å². The first-order chi connectivity index (χ1) is 28.5. The molecule has 0 heterocycles. The molecule has 0 unspecified atom stereocenters. The van der Waals surface area contributed by atoms with Gasteiger partial charge in [-0.05, 0) is 80.7 Å². The van der Waals surface area contributed by atoms with Gasteiger partial charge in [0.2, 0.25) is 0 Å². The van der Waals surface area contributed by atoms with Crippen LogP contribution in [0.25, 0.3) is 32.3 Å². The van der Waals surface area contributed by atoms with Crippen LogP contribution in [-0.2, 0) is 0 Å². The fraction of sp³-hybridized carbons (Fsp3) is 0.643. The van der Waals surface area contributed by atoms with Crippen LogP contribution in [0, 0.1) is 22.9 Å². The summed E-state index contributed by atoms with van der Waals surface area (Å²) in [6.45, 7) is 14.1. The fourth-order valence-electron chi connectivity index (χ4n) is 9.88. The van der Waals surface area contributed by atoms with Crippen molar-refractivity contribution >= 4 is 48.5 Å². The Hall–Kier alpha value is -2.53. The van der Waals surface area contributed by atoms with E-state index in [2.05, 4.69) is 113 Å². The molecular formula is C56H86Si2. The van der Waals surface area contributed by atoms with Gasteiger partial charge in [-0.15, -0.1) is 11.1 Å². The van der Waals surface area contributed by atoms with Gasteiger partial charge in [-0.2, -0.15) is 0 Å². The summed E-state index contributed by atoms with van der Waals surface area (Å²) in [6.07, 6.45) is 32.5. The van der Waals surface area contributed by atoms with Gasteiger partial charge in [-0.25, -0.2) is 0 Å². The monoisotopic (exact) mass is 815 g/mol. The molecule has 4 aromatic carbocycles. The molecule has 0 aliphatic heterocycles. The molecule has 0 nitrogen and oxygen atoms in total. The van der Waals surface area contributed by atoms with E-state index in [1.165, 1.54) is 234 Å². The molecular weight excluding hydrogens is 729 g/mol. The van der Waals surface area contributed by atoms with Gasteiger partial charge in [-0.3, -0.25) is 0 Å². The molecule has 2 heteroatoms. The molecule has 0 saturated heterocycles. The molecule has 0 saturated carbocycles. The molecule has 4 rings (SSSR count). The molecule has 0 spiro atoms. The van der Waals surface area contributed by atoms with Gasteiger partial charge in [0.25, 0.3) is 0 Å². The Kier molecular flexibility index (Phi) is 22.7. The number of hydrogen-bond acceptors (Lipinski definition) is 0. The SMILES string of the molecule is CCCCCC[Si](C#Cc1ccc2ccc3c(C#C[Si](CCCCCC)(CCCCCC)CCCCCC)ccc4ccc1c2c43)(CCCCCC)CCCCCC. The zero-order valence-electron chi connectivity index (χ0n) is 38.8. The molecule has 0 aliphatic carbocycles. The first-order valence-electron chi connectivity index (χ1n) is 25.3. The summed E-state index contributed by atoms with van der Waals surface area (Å²) in [5.74, 6) is 7.99. The second-order valence-electron chi connectivity index (χ2n) is 18.6. The van der Waals surface area contributed by atoms with Crippen molar-refractivity contribution in [2.75, 3.05) is 0 Å². The molecule has 0 atom stereocenters. The van der Waals surface area contributed by atoms with Crippen molar-refractivity contribution in [1.29, 1.82) is 0 Å². The predicted octanol–water partition coefficient (Wildman–Crippen LogP) is 18.7. The van der Waals surface area contributed by atoms with E-state index in [4.69, 9.17) is 0 Å². The quantitative estimate of drug-likeness (QED) is 0.0213. The lowest BCUT2D eigenvalue weighted by molar-refractivity contribution is 0.668. The predicted molar refractivity (Wildman–Crippen MR) is 269 cm³/mol. The van der Waals surface area contributed by atoms with Crippen molar-refractivity contribution in [3.63, 3.8) is 0 Å². The first kappa shape index (κ1) is 48.1. The standard InChI is InChI=1S/C56H86Si2/c1-7-13-19-25-41-57(42-26-20-14-8-2,43-27-21-15-9-3)47-39-49-31-33-51-36-38-54-50(32-34-52-35-37-53(49)55(51)56(52)54)40-48-58(44-28-22-16-10-4,45-29-23-17-11-5)46-30-24-18-12-6/h31-38H,7-30,41-46H2,1-6H3.